The first-order valence-electron chi connectivity index (χ1n) is 6.53. The fourth-order valence-electron chi connectivity index (χ4n) is 2.64. The number of carboxylic acid groups (broad SMARTS) is 1. The maximum atomic E-state index is 12.0. The Kier molecular flexibility index (Phi) is 3.93. The largest absolute Gasteiger partial charge is 0.477 e. The van der Waals surface area contributed by atoms with Crippen LogP contribution in [0.15, 0.2) is 16.2 Å². The van der Waals surface area contributed by atoms with Crippen molar-refractivity contribution in [3.05, 3.63) is 11.8 Å². The number of hydrogen-bond donors (Lipinski definition) is 1. The molecule has 6 nitrogen and oxygen atoms in total. The van der Waals surface area contributed by atoms with Gasteiger partial charge in [0.05, 0.1) is 5.71 Å². The van der Waals surface area contributed by atoms with Crippen molar-refractivity contribution in [3.63, 3.8) is 0 Å². The van der Waals surface area contributed by atoms with Crippen molar-refractivity contribution in [2.75, 3.05) is 6.54 Å². The highest BCUT2D eigenvalue weighted by Gasteiger charge is 2.33. The van der Waals surface area contributed by atoms with Gasteiger partial charge in [-0.3, -0.25) is 0 Å². The van der Waals surface area contributed by atoms with Crippen LogP contribution in [-0.2, 0) is 15.0 Å². The monoisotopic (exact) mass is 286 g/mol. The van der Waals surface area contributed by atoms with Gasteiger partial charge in [0.15, 0.2) is 0 Å². The van der Waals surface area contributed by atoms with Crippen LogP contribution in [0.3, 0.4) is 0 Å². The molecule has 1 fully saturated rings. The molecule has 106 valence electrons. The van der Waals surface area contributed by atoms with E-state index < -0.39 is 16.2 Å². The first-order valence-corrected chi connectivity index (χ1v) is 7.93. The van der Waals surface area contributed by atoms with Gasteiger partial charge >= 0.3 is 16.2 Å². The molecular formula is C12H18N2O4S. The molecule has 1 aliphatic heterocycles. The molecule has 0 spiro atoms. The summed E-state index contributed by atoms with van der Waals surface area (Å²) in [6, 6.07) is 0. The smallest absolute Gasteiger partial charge is 0.353 e. The normalized spacial score (nSPS) is 23.7. The van der Waals surface area contributed by atoms with E-state index in [1.54, 1.807) is 6.92 Å². The standard InChI is InChI=1S/C12H18N2O4S/c1-2-14-11(12(15)16)8-10(13-19(14,17)18)9-6-4-3-5-7-9/h8-9H,2-7H2,1H3,(H,15,16). The van der Waals surface area contributed by atoms with Gasteiger partial charge in [-0.05, 0) is 25.8 Å². The van der Waals surface area contributed by atoms with Crippen LogP contribution in [0, 0.1) is 5.92 Å². The highest BCUT2D eigenvalue weighted by molar-refractivity contribution is 7.88. The topological polar surface area (TPSA) is 87.0 Å². The van der Waals surface area contributed by atoms with Crippen molar-refractivity contribution in [2.24, 2.45) is 10.3 Å². The van der Waals surface area contributed by atoms with E-state index in [9.17, 15) is 13.2 Å². The molecule has 0 aromatic carbocycles. The Morgan fingerprint density at radius 2 is 2.05 bits per heavy atom. The summed E-state index contributed by atoms with van der Waals surface area (Å²) in [5.74, 6) is -1.16. The van der Waals surface area contributed by atoms with Crippen LogP contribution in [0.25, 0.3) is 0 Å². The zero-order valence-corrected chi connectivity index (χ0v) is 11.7. The number of allylic oxidation sites excluding steroid dienone is 1. The molecule has 1 heterocycles. The summed E-state index contributed by atoms with van der Waals surface area (Å²) in [4.78, 5) is 11.2. The Morgan fingerprint density at radius 1 is 1.42 bits per heavy atom. The number of hydrogen-bond acceptors (Lipinski definition) is 3. The third-order valence-corrected chi connectivity index (χ3v) is 5.04. The van der Waals surface area contributed by atoms with Crippen LogP contribution < -0.4 is 0 Å². The van der Waals surface area contributed by atoms with Crippen molar-refractivity contribution in [3.8, 4) is 0 Å². The minimum absolute atomic E-state index is 0.0666. The summed E-state index contributed by atoms with van der Waals surface area (Å²) in [6.07, 6.45) is 6.40. The maximum Gasteiger partial charge on any atom is 0.353 e. The van der Waals surface area contributed by atoms with Gasteiger partial charge in [-0.15, -0.1) is 4.40 Å². The minimum atomic E-state index is -3.89. The van der Waals surface area contributed by atoms with E-state index in [1.807, 2.05) is 0 Å². The van der Waals surface area contributed by atoms with Gasteiger partial charge < -0.3 is 5.11 Å². The summed E-state index contributed by atoms with van der Waals surface area (Å²) < 4.78 is 28.7. The van der Waals surface area contributed by atoms with Crippen molar-refractivity contribution in [1.29, 1.82) is 0 Å². The van der Waals surface area contributed by atoms with Crippen LogP contribution in [0.4, 0.5) is 0 Å². The van der Waals surface area contributed by atoms with Crippen molar-refractivity contribution in [1.82, 2.24) is 4.31 Å². The number of carboxylic acids is 1. The van der Waals surface area contributed by atoms with E-state index in [4.69, 9.17) is 5.11 Å². The lowest BCUT2D eigenvalue weighted by molar-refractivity contribution is -0.133. The quantitative estimate of drug-likeness (QED) is 0.852. The third kappa shape index (κ3) is 2.80. The van der Waals surface area contributed by atoms with Crippen LogP contribution in [0.1, 0.15) is 39.0 Å². The molecule has 0 aromatic rings. The SMILES string of the molecule is CCN1C(C(=O)O)=CC(C2CCCCC2)=NS1(=O)=O. The zero-order chi connectivity index (χ0) is 14.0. The van der Waals surface area contributed by atoms with Gasteiger partial charge in [0, 0.05) is 12.5 Å². The van der Waals surface area contributed by atoms with Gasteiger partial charge in [-0.25, -0.2) is 9.10 Å². The van der Waals surface area contributed by atoms with Crippen molar-refractivity contribution < 1.29 is 18.3 Å². The third-order valence-electron chi connectivity index (χ3n) is 3.58. The molecule has 0 atom stereocenters. The predicted octanol–water partition coefficient (Wildman–Crippen LogP) is 1.56. The molecule has 2 rings (SSSR count). The van der Waals surface area contributed by atoms with Crippen LogP contribution in [0.5, 0.6) is 0 Å². The Morgan fingerprint density at radius 3 is 2.58 bits per heavy atom. The highest BCUT2D eigenvalue weighted by Crippen LogP contribution is 2.29. The molecule has 0 amide bonds. The van der Waals surface area contributed by atoms with Crippen molar-refractivity contribution >= 4 is 21.9 Å². The molecule has 0 saturated heterocycles. The first kappa shape index (κ1) is 14.0. The lowest BCUT2D eigenvalue weighted by Crippen LogP contribution is -2.37. The lowest BCUT2D eigenvalue weighted by atomic mass is 9.85. The predicted molar refractivity (Wildman–Crippen MR) is 71.0 cm³/mol. The van der Waals surface area contributed by atoms with E-state index in [0.717, 1.165) is 36.4 Å². The highest BCUT2D eigenvalue weighted by atomic mass is 32.2. The van der Waals surface area contributed by atoms with Gasteiger partial charge in [0.1, 0.15) is 5.70 Å². The van der Waals surface area contributed by atoms with Crippen LogP contribution in [0.2, 0.25) is 0 Å². The van der Waals surface area contributed by atoms with Gasteiger partial charge in [0.25, 0.3) is 0 Å². The second-order valence-corrected chi connectivity index (χ2v) is 6.35. The van der Waals surface area contributed by atoms with E-state index in [1.165, 1.54) is 6.08 Å². The number of rotatable bonds is 3. The molecule has 0 unspecified atom stereocenters. The Bertz CT molecular complexity index is 530. The molecule has 1 aliphatic carbocycles. The van der Waals surface area contributed by atoms with E-state index in [0.29, 0.717) is 5.71 Å². The molecule has 2 aliphatic rings. The number of aliphatic carboxylic acids is 1. The average Bonchev–Trinajstić information content (AvgIpc) is 2.37. The van der Waals surface area contributed by atoms with E-state index >= 15 is 0 Å². The summed E-state index contributed by atoms with van der Waals surface area (Å²) in [5.41, 5.74) is 0.208. The van der Waals surface area contributed by atoms with Gasteiger partial charge in [-0.1, -0.05) is 19.3 Å². The fraction of sp³-hybridized carbons (Fsp3) is 0.667. The van der Waals surface area contributed by atoms with Gasteiger partial charge in [-0.2, -0.15) is 8.42 Å². The molecule has 0 aromatic heterocycles. The maximum absolute atomic E-state index is 12.0. The minimum Gasteiger partial charge on any atom is -0.477 e. The number of nitrogens with zero attached hydrogens (tertiary/aromatic N) is 2. The molecule has 19 heavy (non-hydrogen) atoms. The Balaban J connectivity index is 2.39. The molecule has 7 heteroatoms. The summed E-state index contributed by atoms with van der Waals surface area (Å²) >= 11 is 0. The molecule has 1 N–H and O–H groups in total. The van der Waals surface area contributed by atoms with Gasteiger partial charge in [0.2, 0.25) is 0 Å². The van der Waals surface area contributed by atoms with Crippen LogP contribution in [-0.4, -0.2) is 36.1 Å². The molecule has 1 saturated carbocycles. The Hall–Kier alpha value is -1.37. The average molecular weight is 286 g/mol. The molecule has 0 radical (unpaired) electrons. The van der Waals surface area contributed by atoms with Crippen LogP contribution >= 0.6 is 0 Å². The Labute approximate surface area is 113 Å². The zero-order valence-electron chi connectivity index (χ0n) is 10.9. The molecular weight excluding hydrogens is 268 g/mol. The second kappa shape index (κ2) is 5.32. The number of likely N-dealkylation sites (N-methyl/N-ethyl adjacent to an activating group) is 1. The van der Waals surface area contributed by atoms with E-state index in [-0.39, 0.29) is 18.2 Å². The van der Waals surface area contributed by atoms with E-state index in [2.05, 4.69) is 4.40 Å². The molecule has 0 bridgehead atoms. The van der Waals surface area contributed by atoms with Crippen molar-refractivity contribution in [2.45, 2.75) is 39.0 Å². The second-order valence-electron chi connectivity index (χ2n) is 4.83. The first-order chi connectivity index (χ1) is 8.95. The summed E-state index contributed by atoms with van der Waals surface area (Å²) in [5, 5.41) is 9.16. The lowest BCUT2D eigenvalue weighted by Gasteiger charge is -2.28. The number of carbonyl (C=O) groups is 1. The summed E-state index contributed by atoms with van der Waals surface area (Å²) in [7, 11) is -3.89. The summed E-state index contributed by atoms with van der Waals surface area (Å²) in [6.45, 7) is 1.66. The fourth-order valence-corrected chi connectivity index (χ4v) is 3.91.